The summed E-state index contributed by atoms with van der Waals surface area (Å²) >= 11 is 5.71. The van der Waals surface area contributed by atoms with E-state index in [9.17, 15) is 17.6 Å². The first-order valence-electron chi connectivity index (χ1n) is 9.37. The summed E-state index contributed by atoms with van der Waals surface area (Å²) in [6.45, 7) is 6.82. The molecule has 1 aliphatic rings. The number of hydrogen-bond donors (Lipinski definition) is 1. The Bertz CT molecular complexity index is 762. The monoisotopic (exact) mass is 418 g/mol. The Morgan fingerprint density at radius 3 is 2.44 bits per heavy atom. The molecule has 1 aromatic rings. The molecule has 0 radical (unpaired) electrons. The molecule has 1 amide bonds. The first kappa shape index (κ1) is 22.1. The van der Waals surface area contributed by atoms with Crippen LogP contribution < -0.4 is 5.32 Å². The van der Waals surface area contributed by atoms with Crippen molar-refractivity contribution in [3.63, 3.8) is 0 Å². The van der Waals surface area contributed by atoms with E-state index in [1.807, 2.05) is 6.92 Å². The summed E-state index contributed by atoms with van der Waals surface area (Å²) in [5, 5.41) is 2.82. The van der Waals surface area contributed by atoms with E-state index in [1.165, 1.54) is 10.4 Å². The predicted molar refractivity (Wildman–Crippen MR) is 105 cm³/mol. The Morgan fingerprint density at radius 1 is 1.26 bits per heavy atom. The van der Waals surface area contributed by atoms with E-state index in [2.05, 4.69) is 19.2 Å². The molecule has 1 atom stereocenters. The molecule has 1 fully saturated rings. The van der Waals surface area contributed by atoms with Crippen molar-refractivity contribution in [1.82, 2.24) is 9.62 Å². The van der Waals surface area contributed by atoms with E-state index in [-0.39, 0.29) is 40.9 Å². The number of nitrogens with zero attached hydrogens (tertiary/aromatic N) is 1. The van der Waals surface area contributed by atoms with Gasteiger partial charge >= 0.3 is 0 Å². The van der Waals surface area contributed by atoms with Crippen molar-refractivity contribution >= 4 is 27.5 Å². The number of hydrogen-bond acceptors (Lipinski definition) is 3. The summed E-state index contributed by atoms with van der Waals surface area (Å²) in [7, 11) is -3.74. The first-order chi connectivity index (χ1) is 12.6. The zero-order valence-corrected chi connectivity index (χ0v) is 17.6. The minimum Gasteiger partial charge on any atom is -0.353 e. The Balaban J connectivity index is 1.92. The molecule has 0 aromatic heterocycles. The maximum absolute atomic E-state index is 13.3. The van der Waals surface area contributed by atoms with E-state index in [4.69, 9.17) is 11.6 Å². The van der Waals surface area contributed by atoms with Crippen molar-refractivity contribution in [2.45, 2.75) is 57.4 Å². The van der Waals surface area contributed by atoms with Crippen molar-refractivity contribution in [1.29, 1.82) is 0 Å². The molecule has 1 N–H and O–H groups in total. The van der Waals surface area contributed by atoms with Crippen LogP contribution in [0.15, 0.2) is 23.1 Å². The molecular formula is C19H28ClFN2O3S. The topological polar surface area (TPSA) is 66.5 Å². The molecule has 1 unspecified atom stereocenters. The van der Waals surface area contributed by atoms with Gasteiger partial charge in [-0.1, -0.05) is 25.4 Å². The average Bonchev–Trinajstić information content (AvgIpc) is 2.62. The third kappa shape index (κ3) is 5.90. The molecule has 1 heterocycles. The SMILES string of the molecule is CC(C)CCC(C)NC(=O)C1CCN(S(=O)(=O)c2ccc(F)c(Cl)c2)CC1. The second-order valence-electron chi connectivity index (χ2n) is 7.64. The van der Waals surface area contributed by atoms with Crippen LogP contribution in [0.4, 0.5) is 4.39 Å². The van der Waals surface area contributed by atoms with Crippen molar-refractivity contribution < 1.29 is 17.6 Å². The van der Waals surface area contributed by atoms with Crippen LogP contribution in [-0.4, -0.2) is 37.8 Å². The van der Waals surface area contributed by atoms with Crippen LogP contribution in [0.3, 0.4) is 0 Å². The van der Waals surface area contributed by atoms with Crippen LogP contribution >= 0.6 is 11.6 Å². The highest BCUT2D eigenvalue weighted by atomic mass is 35.5. The van der Waals surface area contributed by atoms with Crippen molar-refractivity contribution in [3.8, 4) is 0 Å². The summed E-state index contributed by atoms with van der Waals surface area (Å²) in [5.74, 6) is -0.252. The zero-order chi connectivity index (χ0) is 20.2. The largest absolute Gasteiger partial charge is 0.353 e. The molecule has 8 heteroatoms. The molecule has 1 aromatic carbocycles. The van der Waals surface area contributed by atoms with Crippen LogP contribution in [0, 0.1) is 17.7 Å². The Kier molecular flexibility index (Phi) is 7.65. The molecular weight excluding hydrogens is 391 g/mol. The second-order valence-corrected chi connectivity index (χ2v) is 9.98. The Morgan fingerprint density at radius 2 is 1.89 bits per heavy atom. The fourth-order valence-electron chi connectivity index (χ4n) is 3.16. The standard InChI is InChI=1S/C19H28ClFN2O3S/c1-13(2)4-5-14(3)22-19(24)15-8-10-23(11-9-15)27(25,26)16-6-7-18(21)17(20)12-16/h6-7,12-15H,4-5,8-11H2,1-3H3,(H,22,24). The minimum atomic E-state index is -3.74. The van der Waals surface area contributed by atoms with E-state index in [1.54, 1.807) is 0 Å². The van der Waals surface area contributed by atoms with E-state index in [0.29, 0.717) is 18.8 Å². The highest BCUT2D eigenvalue weighted by molar-refractivity contribution is 7.89. The quantitative estimate of drug-likeness (QED) is 0.731. The van der Waals surface area contributed by atoms with Crippen LogP contribution in [0.5, 0.6) is 0 Å². The number of rotatable bonds is 7. The highest BCUT2D eigenvalue weighted by Crippen LogP contribution is 2.26. The van der Waals surface area contributed by atoms with Crippen LogP contribution in [0.2, 0.25) is 5.02 Å². The molecule has 152 valence electrons. The van der Waals surface area contributed by atoms with E-state index >= 15 is 0 Å². The normalized spacial score (nSPS) is 17.9. The van der Waals surface area contributed by atoms with Gasteiger partial charge in [0.2, 0.25) is 15.9 Å². The smallest absolute Gasteiger partial charge is 0.243 e. The fourth-order valence-corrected chi connectivity index (χ4v) is 4.90. The maximum atomic E-state index is 13.3. The van der Waals surface area contributed by atoms with Gasteiger partial charge in [0.1, 0.15) is 5.82 Å². The number of nitrogens with one attached hydrogen (secondary N) is 1. The lowest BCUT2D eigenvalue weighted by Crippen LogP contribution is -2.44. The van der Waals surface area contributed by atoms with Gasteiger partial charge in [-0.15, -0.1) is 0 Å². The van der Waals surface area contributed by atoms with Gasteiger partial charge in [0, 0.05) is 25.0 Å². The average molecular weight is 419 g/mol. The fraction of sp³-hybridized carbons (Fsp3) is 0.632. The lowest BCUT2D eigenvalue weighted by Gasteiger charge is -2.31. The summed E-state index contributed by atoms with van der Waals surface area (Å²) < 4.78 is 40.0. The molecule has 1 saturated heterocycles. The summed E-state index contributed by atoms with van der Waals surface area (Å²) in [6, 6.07) is 3.50. The predicted octanol–water partition coefficient (Wildman–Crippen LogP) is 3.82. The summed E-state index contributed by atoms with van der Waals surface area (Å²) in [6.07, 6.45) is 2.92. The third-order valence-electron chi connectivity index (χ3n) is 4.92. The molecule has 5 nitrogen and oxygen atoms in total. The molecule has 0 aliphatic carbocycles. The summed E-state index contributed by atoms with van der Waals surface area (Å²) in [5.41, 5.74) is 0. The molecule has 0 bridgehead atoms. The van der Waals surface area contributed by atoms with Gasteiger partial charge in [0.05, 0.1) is 9.92 Å². The van der Waals surface area contributed by atoms with Gasteiger partial charge in [-0.2, -0.15) is 4.31 Å². The number of carbonyl (C=O) groups excluding carboxylic acids is 1. The van der Waals surface area contributed by atoms with Crippen LogP contribution in [0.1, 0.15) is 46.5 Å². The number of piperidine rings is 1. The van der Waals surface area contributed by atoms with Gasteiger partial charge < -0.3 is 5.32 Å². The number of sulfonamides is 1. The molecule has 27 heavy (non-hydrogen) atoms. The van der Waals surface area contributed by atoms with Gasteiger partial charge in [-0.3, -0.25) is 4.79 Å². The molecule has 0 spiro atoms. The molecule has 1 aliphatic heterocycles. The van der Waals surface area contributed by atoms with Crippen LogP contribution in [0.25, 0.3) is 0 Å². The zero-order valence-electron chi connectivity index (χ0n) is 16.0. The van der Waals surface area contributed by atoms with Crippen molar-refractivity contribution in [2.75, 3.05) is 13.1 Å². The first-order valence-corrected chi connectivity index (χ1v) is 11.2. The lowest BCUT2D eigenvalue weighted by atomic mass is 9.96. The summed E-state index contributed by atoms with van der Waals surface area (Å²) in [4.78, 5) is 12.4. The van der Waals surface area contributed by atoms with Crippen molar-refractivity contribution in [3.05, 3.63) is 29.0 Å². The number of carbonyl (C=O) groups is 1. The highest BCUT2D eigenvalue weighted by Gasteiger charge is 2.32. The maximum Gasteiger partial charge on any atom is 0.243 e. The Labute approximate surface area is 166 Å². The van der Waals surface area contributed by atoms with Crippen molar-refractivity contribution in [2.24, 2.45) is 11.8 Å². The van der Waals surface area contributed by atoms with E-state index < -0.39 is 15.8 Å². The number of benzene rings is 1. The second kappa shape index (κ2) is 9.34. The van der Waals surface area contributed by atoms with E-state index in [0.717, 1.165) is 25.0 Å². The number of amides is 1. The molecule has 2 rings (SSSR count). The van der Waals surface area contributed by atoms with Gasteiger partial charge in [0.25, 0.3) is 0 Å². The van der Waals surface area contributed by atoms with Gasteiger partial charge in [-0.25, -0.2) is 12.8 Å². The third-order valence-corrected chi connectivity index (χ3v) is 7.10. The lowest BCUT2D eigenvalue weighted by molar-refractivity contribution is -0.126. The van der Waals surface area contributed by atoms with Gasteiger partial charge in [0.15, 0.2) is 0 Å². The number of halogens is 2. The molecule has 0 saturated carbocycles. The van der Waals surface area contributed by atoms with Gasteiger partial charge in [-0.05, 0) is 56.7 Å². The Hall–Kier alpha value is -1.18. The van der Waals surface area contributed by atoms with Crippen LogP contribution in [-0.2, 0) is 14.8 Å². The minimum absolute atomic E-state index is 0.00636.